The molecule has 0 heterocycles. The minimum absolute atomic E-state index is 0.154. The van der Waals surface area contributed by atoms with E-state index in [2.05, 4.69) is 42.2 Å². The fourth-order valence-electron chi connectivity index (χ4n) is 10.2. The number of amides is 1. The molecule has 7 atom stereocenters. The first-order chi connectivity index (χ1) is 21.8. The number of nitrogens with zero attached hydrogens (tertiary/aromatic N) is 1. The fourth-order valence-corrected chi connectivity index (χ4v) is 10.2. The molecule has 0 radical (unpaired) electrons. The summed E-state index contributed by atoms with van der Waals surface area (Å²) in [6, 6.07) is 16.1. The first-order valence-corrected chi connectivity index (χ1v) is 18.3. The van der Waals surface area contributed by atoms with Crippen LogP contribution >= 0.6 is 0 Å². The van der Waals surface area contributed by atoms with Crippen molar-refractivity contribution in [2.45, 2.75) is 128 Å². The zero-order chi connectivity index (χ0) is 31.4. The number of unbranched alkanes of at least 4 members (excludes halogenated alkanes) is 1. The highest BCUT2D eigenvalue weighted by Crippen LogP contribution is 2.63. The van der Waals surface area contributed by atoms with E-state index in [0.29, 0.717) is 36.5 Å². The molecule has 246 valence electrons. The number of fused-ring (bicyclic) bond motifs is 5. The third-order valence-electron chi connectivity index (χ3n) is 12.6. The molecule has 4 unspecified atom stereocenters. The number of aryl methyl sites for hydroxylation is 1. The van der Waals surface area contributed by atoms with Gasteiger partial charge in [-0.15, -0.1) is 0 Å². The molecular weight excluding hydrogens is 561 g/mol. The van der Waals surface area contributed by atoms with Gasteiger partial charge in [0.25, 0.3) is 0 Å². The lowest BCUT2D eigenvalue weighted by molar-refractivity contribution is -0.131. The van der Waals surface area contributed by atoms with Crippen LogP contribution < -0.4 is 0 Å². The number of halogens is 1. The summed E-state index contributed by atoms with van der Waals surface area (Å²) in [7, 11) is 0. The highest BCUT2D eigenvalue weighted by molar-refractivity contribution is 5.76. The topological polar surface area (TPSA) is 60.8 Å². The summed E-state index contributed by atoms with van der Waals surface area (Å²) in [5.41, 5.74) is 3.16. The Hall–Kier alpha value is -2.40. The number of phenols is 1. The summed E-state index contributed by atoms with van der Waals surface area (Å²) < 4.78 is 16.1. The highest BCUT2D eigenvalue weighted by atomic mass is 19.1. The van der Waals surface area contributed by atoms with Gasteiger partial charge < -0.3 is 15.1 Å². The average molecular weight is 618 g/mol. The van der Waals surface area contributed by atoms with Crippen molar-refractivity contribution >= 4 is 5.91 Å². The normalized spacial score (nSPS) is 31.2. The molecule has 4 aliphatic carbocycles. The average Bonchev–Trinajstić information content (AvgIpc) is 3.34. The van der Waals surface area contributed by atoms with Crippen LogP contribution in [0.2, 0.25) is 0 Å². The van der Waals surface area contributed by atoms with Crippen LogP contribution in [0.4, 0.5) is 4.39 Å². The van der Waals surface area contributed by atoms with Gasteiger partial charge in [-0.05, 0) is 116 Å². The van der Waals surface area contributed by atoms with Gasteiger partial charge in [0.2, 0.25) is 5.91 Å². The van der Waals surface area contributed by atoms with E-state index >= 15 is 4.39 Å². The molecule has 2 aromatic carbocycles. The zero-order valence-electron chi connectivity index (χ0n) is 27.5. The third kappa shape index (κ3) is 7.29. The van der Waals surface area contributed by atoms with Crippen molar-refractivity contribution in [2.75, 3.05) is 13.1 Å². The molecular formula is C40H56FNO3. The summed E-state index contributed by atoms with van der Waals surface area (Å²) in [4.78, 5) is 15.7. The van der Waals surface area contributed by atoms with E-state index in [0.717, 1.165) is 82.0 Å². The number of benzene rings is 2. The largest absolute Gasteiger partial charge is 0.508 e. The summed E-state index contributed by atoms with van der Waals surface area (Å²) in [5, 5.41) is 21.3. The summed E-state index contributed by atoms with van der Waals surface area (Å²) >= 11 is 0. The molecule has 2 aromatic rings. The van der Waals surface area contributed by atoms with E-state index in [4.69, 9.17) is 0 Å². The van der Waals surface area contributed by atoms with Gasteiger partial charge in [-0.2, -0.15) is 0 Å². The van der Waals surface area contributed by atoms with E-state index in [1.807, 2.05) is 12.1 Å². The molecule has 5 heteroatoms. The number of hydrogen-bond acceptors (Lipinski definition) is 3. The molecule has 4 aliphatic rings. The predicted octanol–water partition coefficient (Wildman–Crippen LogP) is 8.78. The van der Waals surface area contributed by atoms with Gasteiger partial charge >= 0.3 is 0 Å². The summed E-state index contributed by atoms with van der Waals surface area (Å²) in [6.45, 7) is 3.73. The fraction of sp³-hybridized carbons (Fsp3) is 0.675. The summed E-state index contributed by atoms with van der Waals surface area (Å²) in [6.07, 6.45) is 14.8. The zero-order valence-corrected chi connectivity index (χ0v) is 27.5. The molecule has 0 aliphatic heterocycles. The Morgan fingerprint density at radius 2 is 1.73 bits per heavy atom. The Balaban J connectivity index is 1.10. The van der Waals surface area contributed by atoms with Gasteiger partial charge in [0.05, 0.1) is 6.10 Å². The SMILES string of the molecule is CC12C[C@H](F)C3c4ccc(O)cc4C[C@@H](CCCCN(CCCc4ccccc4)C(=O)CCC4CCCCC4)C3C1CC[C@@H]2O. The Morgan fingerprint density at radius 3 is 2.53 bits per heavy atom. The molecule has 3 fully saturated rings. The second-order valence-electron chi connectivity index (χ2n) is 15.4. The third-order valence-corrected chi connectivity index (χ3v) is 12.6. The Labute approximate surface area is 270 Å². The van der Waals surface area contributed by atoms with Gasteiger partial charge in [0.15, 0.2) is 0 Å². The Kier molecular flexibility index (Phi) is 10.5. The van der Waals surface area contributed by atoms with Crippen molar-refractivity contribution in [1.82, 2.24) is 4.90 Å². The molecule has 3 saturated carbocycles. The Morgan fingerprint density at radius 1 is 0.956 bits per heavy atom. The predicted molar refractivity (Wildman–Crippen MR) is 179 cm³/mol. The van der Waals surface area contributed by atoms with Crippen LogP contribution in [0, 0.1) is 29.1 Å². The van der Waals surface area contributed by atoms with Crippen molar-refractivity contribution in [2.24, 2.45) is 29.1 Å². The standard InChI is InChI=1S/C40H56FNO3/c1-40-27-35(41)39-33-19-18-32(43)26-31(33)25-30(38(39)34(40)20-21-36(40)44)16-8-9-23-42(24-10-15-28-11-4-2-5-12-28)37(45)22-17-29-13-6-3-7-14-29/h2,4-5,11-12,18-19,26,29-30,34-36,38-39,43-44H,3,6-10,13-17,20-25,27H2,1H3/t30-,34?,35+,36+,38?,39?,40?/m1/s1. The van der Waals surface area contributed by atoms with Crippen molar-refractivity contribution in [1.29, 1.82) is 0 Å². The summed E-state index contributed by atoms with van der Waals surface area (Å²) in [5.74, 6) is 2.00. The molecule has 0 saturated heterocycles. The number of carbonyl (C=O) groups is 1. The molecule has 0 bridgehead atoms. The molecule has 4 nitrogen and oxygen atoms in total. The number of aromatic hydroxyl groups is 1. The van der Waals surface area contributed by atoms with Gasteiger partial charge in [-0.25, -0.2) is 4.39 Å². The maximum absolute atomic E-state index is 16.1. The number of carbonyl (C=O) groups excluding carboxylic acids is 1. The maximum Gasteiger partial charge on any atom is 0.222 e. The first-order valence-electron chi connectivity index (χ1n) is 18.3. The monoisotopic (exact) mass is 617 g/mol. The van der Waals surface area contributed by atoms with Crippen LogP contribution in [0.5, 0.6) is 5.75 Å². The van der Waals surface area contributed by atoms with Crippen molar-refractivity contribution in [3.8, 4) is 5.75 Å². The van der Waals surface area contributed by atoms with E-state index in [-0.39, 0.29) is 23.0 Å². The maximum atomic E-state index is 16.1. The van der Waals surface area contributed by atoms with E-state index < -0.39 is 12.3 Å². The van der Waals surface area contributed by atoms with Gasteiger partial charge in [0.1, 0.15) is 11.9 Å². The van der Waals surface area contributed by atoms with Crippen molar-refractivity contribution in [3.05, 3.63) is 65.2 Å². The number of aliphatic hydroxyl groups is 1. The quantitative estimate of drug-likeness (QED) is 0.234. The second-order valence-corrected chi connectivity index (χ2v) is 15.4. The lowest BCUT2D eigenvalue weighted by atomic mass is 9.51. The lowest BCUT2D eigenvalue weighted by Crippen LogP contribution is -2.51. The van der Waals surface area contributed by atoms with E-state index in [1.54, 1.807) is 6.07 Å². The van der Waals surface area contributed by atoms with Crippen molar-refractivity contribution < 1.29 is 19.4 Å². The molecule has 2 N–H and O–H groups in total. The molecule has 0 spiro atoms. The number of aliphatic hydroxyl groups excluding tert-OH is 1. The van der Waals surface area contributed by atoms with Crippen LogP contribution in [0.25, 0.3) is 0 Å². The second kappa shape index (κ2) is 14.6. The van der Waals surface area contributed by atoms with Crippen LogP contribution in [0.1, 0.15) is 119 Å². The number of alkyl halides is 1. The van der Waals surface area contributed by atoms with Gasteiger partial charge in [-0.1, -0.05) is 81.8 Å². The van der Waals surface area contributed by atoms with Crippen LogP contribution in [-0.4, -0.2) is 46.4 Å². The van der Waals surface area contributed by atoms with E-state index in [9.17, 15) is 15.0 Å². The Bertz CT molecular complexity index is 1260. The minimum atomic E-state index is -0.975. The number of phenolic OH excluding ortho intramolecular Hbond substituents is 1. The molecule has 0 aromatic heterocycles. The smallest absolute Gasteiger partial charge is 0.222 e. The highest BCUT2D eigenvalue weighted by Gasteiger charge is 2.59. The lowest BCUT2D eigenvalue weighted by Gasteiger charge is -2.54. The van der Waals surface area contributed by atoms with Gasteiger partial charge in [-0.3, -0.25) is 4.79 Å². The number of hydrogen-bond donors (Lipinski definition) is 2. The van der Waals surface area contributed by atoms with Crippen LogP contribution in [-0.2, 0) is 17.6 Å². The first kappa shape index (κ1) is 32.5. The van der Waals surface area contributed by atoms with E-state index in [1.165, 1.54) is 37.7 Å². The minimum Gasteiger partial charge on any atom is -0.508 e. The molecule has 6 rings (SSSR count). The molecule has 45 heavy (non-hydrogen) atoms. The van der Waals surface area contributed by atoms with Crippen molar-refractivity contribution in [3.63, 3.8) is 0 Å². The van der Waals surface area contributed by atoms with Crippen LogP contribution in [0.15, 0.2) is 48.5 Å². The van der Waals surface area contributed by atoms with Gasteiger partial charge in [0, 0.05) is 25.4 Å². The van der Waals surface area contributed by atoms with Crippen LogP contribution in [0.3, 0.4) is 0 Å². The number of rotatable bonds is 12. The molecule has 1 amide bonds.